The number of hydrogen-bond acceptors (Lipinski definition) is 9. The molecule has 2 amide bonds. The van der Waals surface area contributed by atoms with Crippen LogP contribution in [0, 0.1) is 11.8 Å². The fourth-order valence-electron chi connectivity index (χ4n) is 4.31. The van der Waals surface area contributed by atoms with Gasteiger partial charge in [0.15, 0.2) is 5.82 Å². The first kappa shape index (κ1) is 28.2. The highest BCUT2D eigenvalue weighted by atomic mass is 16.7. The van der Waals surface area contributed by atoms with Crippen LogP contribution in [0.5, 0.6) is 5.75 Å². The highest BCUT2D eigenvalue weighted by Gasteiger charge is 2.32. The number of aromatic nitrogens is 3. The lowest BCUT2D eigenvalue weighted by Crippen LogP contribution is -2.31. The number of imide groups is 1. The summed E-state index contributed by atoms with van der Waals surface area (Å²) >= 11 is 0. The van der Waals surface area contributed by atoms with Gasteiger partial charge in [-0.15, -0.1) is 5.06 Å². The van der Waals surface area contributed by atoms with Gasteiger partial charge in [0.05, 0.1) is 12.1 Å². The highest BCUT2D eigenvalue weighted by molar-refractivity contribution is 6.01. The van der Waals surface area contributed by atoms with Gasteiger partial charge in [-0.05, 0) is 55.0 Å². The maximum Gasteiger partial charge on any atom is 0.333 e. The first-order valence-electron chi connectivity index (χ1n) is 13.6. The number of hydroxylamine groups is 2. The van der Waals surface area contributed by atoms with Crippen molar-refractivity contribution in [1.82, 2.24) is 20.0 Å². The topological polar surface area (TPSA) is 115 Å². The molecule has 3 heterocycles. The van der Waals surface area contributed by atoms with Gasteiger partial charge in [-0.2, -0.15) is 0 Å². The Hall–Kier alpha value is -5.30. The summed E-state index contributed by atoms with van der Waals surface area (Å²) in [5.74, 6) is 6.67. The molecule has 2 aromatic carbocycles. The smallest absolute Gasteiger partial charge is 0.333 e. The van der Waals surface area contributed by atoms with E-state index in [0.717, 1.165) is 33.6 Å². The van der Waals surface area contributed by atoms with E-state index >= 15 is 0 Å². The number of carbonyl (C=O) groups is 3. The van der Waals surface area contributed by atoms with Crippen LogP contribution >= 0.6 is 0 Å². The summed E-state index contributed by atoms with van der Waals surface area (Å²) in [4.78, 5) is 55.5. The third-order valence-electron chi connectivity index (χ3n) is 6.53. The average Bonchev–Trinajstić information content (AvgIpc) is 3.33. The van der Waals surface area contributed by atoms with Gasteiger partial charge in [-0.1, -0.05) is 24.0 Å². The van der Waals surface area contributed by atoms with Gasteiger partial charge in [0, 0.05) is 61.6 Å². The molecule has 0 atom stereocenters. The van der Waals surface area contributed by atoms with Crippen molar-refractivity contribution in [3.05, 3.63) is 78.6 Å². The van der Waals surface area contributed by atoms with E-state index in [0.29, 0.717) is 36.9 Å². The molecule has 0 N–H and O–H groups in total. The van der Waals surface area contributed by atoms with Crippen LogP contribution in [0.15, 0.2) is 73.1 Å². The number of anilines is 1. The van der Waals surface area contributed by atoms with E-state index in [-0.39, 0.29) is 19.3 Å². The molecule has 10 nitrogen and oxygen atoms in total. The second-order valence-electron chi connectivity index (χ2n) is 9.62. The van der Waals surface area contributed by atoms with Gasteiger partial charge in [0.25, 0.3) is 11.8 Å². The molecule has 0 unspecified atom stereocenters. The summed E-state index contributed by atoms with van der Waals surface area (Å²) in [6.07, 6.45) is 4.64. The number of likely N-dealkylation sites (N-methyl/N-ethyl adjacent to an activating group) is 1. The second-order valence-corrected chi connectivity index (χ2v) is 9.62. The van der Waals surface area contributed by atoms with Gasteiger partial charge in [0.2, 0.25) is 0 Å². The Morgan fingerprint density at radius 2 is 1.79 bits per heavy atom. The van der Waals surface area contributed by atoms with E-state index in [2.05, 4.69) is 21.7 Å². The predicted octanol–water partition coefficient (Wildman–Crippen LogP) is 4.34. The number of ether oxygens (including phenoxy) is 1. The van der Waals surface area contributed by atoms with Crippen molar-refractivity contribution in [2.24, 2.45) is 0 Å². The first-order chi connectivity index (χ1) is 20.5. The summed E-state index contributed by atoms with van der Waals surface area (Å²) in [6, 6.07) is 19.2. The minimum absolute atomic E-state index is 0.0720. The maximum atomic E-state index is 11.9. The van der Waals surface area contributed by atoms with Crippen LogP contribution in [-0.4, -0.2) is 58.0 Å². The van der Waals surface area contributed by atoms with Gasteiger partial charge >= 0.3 is 5.97 Å². The minimum atomic E-state index is -0.616. The Balaban J connectivity index is 1.10. The van der Waals surface area contributed by atoms with Crippen LogP contribution in [0.2, 0.25) is 0 Å². The van der Waals surface area contributed by atoms with E-state index in [4.69, 9.17) is 19.5 Å². The molecule has 212 valence electrons. The monoisotopic (exact) mass is 563 g/mol. The number of unbranched alkanes of at least 4 members (excludes halogenated alkanes) is 1. The lowest BCUT2D eigenvalue weighted by Gasteiger charge is -2.21. The molecule has 0 radical (unpaired) electrons. The Kier molecular flexibility index (Phi) is 8.99. The van der Waals surface area contributed by atoms with E-state index < -0.39 is 17.8 Å². The normalized spacial score (nSPS) is 12.6. The lowest BCUT2D eigenvalue weighted by molar-refractivity contribution is -0.197. The number of amides is 2. The number of pyridine rings is 1. The molecule has 5 rings (SSSR count). The van der Waals surface area contributed by atoms with E-state index in [1.807, 2.05) is 67.7 Å². The minimum Gasteiger partial charge on any atom is -0.492 e. The molecule has 2 aromatic heterocycles. The average molecular weight is 564 g/mol. The molecular weight excluding hydrogens is 534 g/mol. The fraction of sp³-hybridized carbons (Fsp3) is 0.250. The molecule has 0 saturated carbocycles. The van der Waals surface area contributed by atoms with Crippen LogP contribution in [0.25, 0.3) is 22.3 Å². The Bertz CT molecular complexity index is 1630. The Morgan fingerprint density at radius 3 is 2.55 bits per heavy atom. The van der Waals surface area contributed by atoms with Crippen molar-refractivity contribution in [1.29, 1.82) is 0 Å². The van der Waals surface area contributed by atoms with E-state index in [9.17, 15) is 14.4 Å². The number of benzene rings is 2. The molecule has 0 bridgehead atoms. The highest BCUT2D eigenvalue weighted by Crippen LogP contribution is 2.26. The predicted molar refractivity (Wildman–Crippen MR) is 156 cm³/mol. The molecule has 0 spiro atoms. The molecule has 4 aromatic rings. The lowest BCUT2D eigenvalue weighted by atomic mass is 10.2. The van der Waals surface area contributed by atoms with Crippen LogP contribution in [0.1, 0.15) is 37.7 Å². The molecule has 1 aliphatic rings. The number of para-hydroxylation sites is 1. The van der Waals surface area contributed by atoms with Crippen molar-refractivity contribution < 1.29 is 24.0 Å². The molecule has 0 aliphatic carbocycles. The molecular formula is C32H29N5O5. The van der Waals surface area contributed by atoms with Crippen LogP contribution < -0.4 is 9.64 Å². The fourth-order valence-corrected chi connectivity index (χ4v) is 4.31. The molecule has 1 saturated heterocycles. The second kappa shape index (κ2) is 13.4. The number of hydrogen-bond donors (Lipinski definition) is 0. The van der Waals surface area contributed by atoms with Gasteiger partial charge < -0.3 is 14.5 Å². The van der Waals surface area contributed by atoms with Crippen LogP contribution in [-0.2, 0) is 19.2 Å². The Morgan fingerprint density at radius 1 is 1.00 bits per heavy atom. The standard InChI is InChI=1S/C32H29N5O5/c1-36(32-26-10-5-6-11-27(26)34-31(35-32)24-9-7-19-33-22-24)20-21-41-25-15-13-23(14-16-25)8-3-2-4-12-30(40)42-37-28(38)17-18-29(37)39/h5-7,9-11,13-16,19,22H,2,4,12,17-18,20-21H2,1H3. The van der Waals surface area contributed by atoms with Crippen LogP contribution in [0.4, 0.5) is 5.82 Å². The number of fused-ring (bicyclic) bond motifs is 1. The largest absolute Gasteiger partial charge is 0.492 e. The number of carbonyl (C=O) groups excluding carboxylic acids is 3. The van der Waals surface area contributed by atoms with Gasteiger partial charge in [-0.3, -0.25) is 14.6 Å². The summed E-state index contributed by atoms with van der Waals surface area (Å²) in [6.45, 7) is 1.06. The van der Waals surface area contributed by atoms with Gasteiger partial charge in [-0.25, -0.2) is 14.8 Å². The molecule has 10 heteroatoms. The zero-order valence-electron chi connectivity index (χ0n) is 23.2. The third-order valence-corrected chi connectivity index (χ3v) is 6.53. The molecule has 1 aliphatic heterocycles. The van der Waals surface area contributed by atoms with Crippen molar-refractivity contribution in [3.8, 4) is 29.0 Å². The molecule has 1 fully saturated rings. The summed E-state index contributed by atoms with van der Waals surface area (Å²) < 4.78 is 5.97. The van der Waals surface area contributed by atoms with E-state index in [1.165, 1.54) is 0 Å². The zero-order chi connectivity index (χ0) is 29.3. The Labute approximate surface area is 243 Å². The summed E-state index contributed by atoms with van der Waals surface area (Å²) in [7, 11) is 1.98. The van der Waals surface area contributed by atoms with Gasteiger partial charge in [0.1, 0.15) is 18.2 Å². The van der Waals surface area contributed by atoms with Crippen molar-refractivity contribution in [2.45, 2.75) is 32.1 Å². The van der Waals surface area contributed by atoms with Crippen molar-refractivity contribution in [2.75, 3.05) is 25.1 Å². The van der Waals surface area contributed by atoms with Crippen molar-refractivity contribution in [3.63, 3.8) is 0 Å². The summed E-state index contributed by atoms with van der Waals surface area (Å²) in [5, 5.41) is 1.53. The number of nitrogens with zero attached hydrogens (tertiary/aromatic N) is 5. The van der Waals surface area contributed by atoms with Crippen molar-refractivity contribution >= 4 is 34.5 Å². The summed E-state index contributed by atoms with van der Waals surface area (Å²) in [5.41, 5.74) is 2.54. The zero-order valence-corrected chi connectivity index (χ0v) is 23.2. The molecule has 42 heavy (non-hydrogen) atoms. The third kappa shape index (κ3) is 7.06. The SMILES string of the molecule is CN(CCOc1ccc(C#CCCCC(=O)ON2C(=O)CCC2=O)cc1)c1nc(-c2cccnc2)nc2ccccc12. The maximum absolute atomic E-state index is 11.9. The first-order valence-corrected chi connectivity index (χ1v) is 13.6. The number of rotatable bonds is 10. The quantitative estimate of drug-likeness (QED) is 0.158. The van der Waals surface area contributed by atoms with E-state index in [1.54, 1.807) is 12.4 Å². The van der Waals surface area contributed by atoms with Crippen LogP contribution in [0.3, 0.4) is 0 Å².